The molecule has 0 N–H and O–H groups in total. The minimum atomic E-state index is -4.75. The molecule has 0 bridgehead atoms. The highest BCUT2D eigenvalue weighted by Crippen LogP contribution is 2.31. The van der Waals surface area contributed by atoms with Crippen molar-refractivity contribution >= 4 is 11.6 Å². The molecule has 0 saturated carbocycles. The third kappa shape index (κ3) is 2.54. The molecule has 0 aliphatic rings. The molecule has 0 saturated heterocycles. The van der Waals surface area contributed by atoms with Crippen molar-refractivity contribution in [1.82, 2.24) is 9.78 Å². The van der Waals surface area contributed by atoms with Crippen LogP contribution < -0.4 is 4.74 Å². The van der Waals surface area contributed by atoms with E-state index in [1.54, 1.807) is 13.8 Å². The van der Waals surface area contributed by atoms with Crippen LogP contribution in [-0.4, -0.2) is 16.1 Å². The summed E-state index contributed by atoms with van der Waals surface area (Å²) in [5.74, 6) is -0.478. The third-order valence-corrected chi connectivity index (χ3v) is 1.67. The smallest absolute Gasteiger partial charge is 0.386 e. The minimum Gasteiger partial charge on any atom is -0.386 e. The minimum absolute atomic E-state index is 0.156. The van der Waals surface area contributed by atoms with Gasteiger partial charge in [0.2, 0.25) is 5.88 Å². The number of nitrogens with zero attached hydrogens (tertiary/aromatic N) is 2. The van der Waals surface area contributed by atoms with Crippen molar-refractivity contribution in [2.75, 3.05) is 0 Å². The van der Waals surface area contributed by atoms with Crippen molar-refractivity contribution in [1.29, 1.82) is 0 Å². The molecule has 0 spiro atoms. The maximum Gasteiger partial charge on any atom is 0.574 e. The van der Waals surface area contributed by atoms with E-state index < -0.39 is 12.2 Å². The fourth-order valence-electron chi connectivity index (χ4n) is 0.903. The van der Waals surface area contributed by atoms with E-state index in [2.05, 4.69) is 9.84 Å². The van der Waals surface area contributed by atoms with E-state index in [1.807, 2.05) is 0 Å². The average Bonchev–Trinajstić information content (AvgIpc) is 2.29. The fraction of sp³-hybridized carbons (Fsp3) is 0.571. The summed E-state index contributed by atoms with van der Waals surface area (Å²) < 4.78 is 40.6. The van der Waals surface area contributed by atoms with Crippen LogP contribution in [0.3, 0.4) is 0 Å². The van der Waals surface area contributed by atoms with Crippen LogP contribution in [0.25, 0.3) is 0 Å². The molecule has 7 heteroatoms. The van der Waals surface area contributed by atoms with Crippen LogP contribution in [0.4, 0.5) is 13.2 Å². The van der Waals surface area contributed by atoms with Gasteiger partial charge >= 0.3 is 6.36 Å². The Labute approximate surface area is 83.4 Å². The first-order valence-electron chi connectivity index (χ1n) is 3.80. The Bertz CT molecular complexity index is 321. The van der Waals surface area contributed by atoms with Crippen LogP contribution in [0, 0.1) is 0 Å². The normalized spacial score (nSPS) is 12.2. The lowest BCUT2D eigenvalue weighted by Gasteiger charge is -2.13. The zero-order chi connectivity index (χ0) is 10.9. The predicted octanol–water partition coefficient (Wildman–Crippen LogP) is 3.02. The molecule has 1 rings (SSSR count). The van der Waals surface area contributed by atoms with Gasteiger partial charge in [0.05, 0.1) is 12.2 Å². The van der Waals surface area contributed by atoms with Crippen molar-refractivity contribution in [3.63, 3.8) is 0 Å². The van der Waals surface area contributed by atoms with Crippen molar-refractivity contribution in [3.05, 3.63) is 11.2 Å². The monoisotopic (exact) mass is 228 g/mol. The molecule has 1 aromatic heterocycles. The summed E-state index contributed by atoms with van der Waals surface area (Å²) >= 11 is 5.49. The van der Waals surface area contributed by atoms with Gasteiger partial charge in [-0.1, -0.05) is 11.6 Å². The zero-order valence-corrected chi connectivity index (χ0v) is 8.23. The van der Waals surface area contributed by atoms with E-state index in [-0.39, 0.29) is 11.1 Å². The van der Waals surface area contributed by atoms with Gasteiger partial charge in [0.15, 0.2) is 0 Å². The Morgan fingerprint density at radius 3 is 2.50 bits per heavy atom. The van der Waals surface area contributed by atoms with Crippen LogP contribution in [0.1, 0.15) is 19.9 Å². The van der Waals surface area contributed by atoms with Crippen molar-refractivity contribution in [3.8, 4) is 5.88 Å². The maximum absolute atomic E-state index is 11.9. The molecule has 3 nitrogen and oxygen atoms in total. The lowest BCUT2D eigenvalue weighted by Crippen LogP contribution is -2.20. The van der Waals surface area contributed by atoms with E-state index in [1.165, 1.54) is 0 Å². The van der Waals surface area contributed by atoms with Gasteiger partial charge in [-0.15, -0.1) is 13.2 Å². The number of hydrogen-bond donors (Lipinski definition) is 0. The zero-order valence-electron chi connectivity index (χ0n) is 7.47. The number of alkyl halides is 3. The maximum atomic E-state index is 11.9. The predicted molar refractivity (Wildman–Crippen MR) is 44.3 cm³/mol. The first kappa shape index (κ1) is 11.2. The molecule has 80 valence electrons. The molecule has 0 radical (unpaired) electrons. The Balaban J connectivity index is 3.00. The number of rotatable bonds is 2. The summed E-state index contributed by atoms with van der Waals surface area (Å²) in [6, 6.07) is -0.250. The Morgan fingerprint density at radius 2 is 2.07 bits per heavy atom. The quantitative estimate of drug-likeness (QED) is 0.778. The second-order valence-corrected chi connectivity index (χ2v) is 3.29. The van der Waals surface area contributed by atoms with Crippen molar-refractivity contribution in [2.45, 2.75) is 26.3 Å². The first-order valence-corrected chi connectivity index (χ1v) is 4.18. The number of aromatic nitrogens is 2. The summed E-state index contributed by atoms with van der Waals surface area (Å²) in [7, 11) is 0. The van der Waals surface area contributed by atoms with Gasteiger partial charge in [-0.25, -0.2) is 4.68 Å². The summed E-state index contributed by atoms with van der Waals surface area (Å²) in [6.45, 7) is 3.35. The number of halogens is 4. The van der Waals surface area contributed by atoms with Crippen molar-refractivity contribution < 1.29 is 17.9 Å². The van der Waals surface area contributed by atoms with E-state index in [9.17, 15) is 13.2 Å². The summed E-state index contributed by atoms with van der Waals surface area (Å²) in [5.41, 5.74) is 0. The topological polar surface area (TPSA) is 27.1 Å². The number of ether oxygens (including phenoxy) is 1. The molecule has 0 aromatic carbocycles. The summed E-state index contributed by atoms with van der Waals surface area (Å²) in [5, 5.41) is 3.50. The van der Waals surface area contributed by atoms with Crippen LogP contribution in [-0.2, 0) is 0 Å². The molecule has 1 aromatic rings. The van der Waals surface area contributed by atoms with Crippen LogP contribution >= 0.6 is 11.6 Å². The van der Waals surface area contributed by atoms with Crippen LogP contribution in [0.15, 0.2) is 6.20 Å². The first-order chi connectivity index (χ1) is 6.31. The second-order valence-electron chi connectivity index (χ2n) is 2.88. The van der Waals surface area contributed by atoms with Gasteiger partial charge < -0.3 is 4.74 Å². The van der Waals surface area contributed by atoms with Gasteiger partial charge in [-0.05, 0) is 13.8 Å². The SMILES string of the molecule is CC(C)n1ncc(Cl)c1OC(F)(F)F. The summed E-state index contributed by atoms with van der Waals surface area (Å²) in [6.07, 6.45) is -3.64. The van der Waals surface area contributed by atoms with Crippen LogP contribution in [0.2, 0.25) is 5.02 Å². The van der Waals surface area contributed by atoms with E-state index >= 15 is 0 Å². The molecule has 0 aliphatic heterocycles. The highest BCUT2D eigenvalue weighted by atomic mass is 35.5. The molecule has 0 amide bonds. The highest BCUT2D eigenvalue weighted by molar-refractivity contribution is 6.31. The second kappa shape index (κ2) is 3.68. The molecule has 0 fully saturated rings. The molecule has 0 unspecified atom stereocenters. The molecule has 0 atom stereocenters. The highest BCUT2D eigenvalue weighted by Gasteiger charge is 2.34. The fourth-order valence-corrected chi connectivity index (χ4v) is 1.07. The van der Waals surface area contributed by atoms with Gasteiger partial charge in [-0.3, -0.25) is 0 Å². The lowest BCUT2D eigenvalue weighted by molar-refractivity contribution is -0.277. The largest absolute Gasteiger partial charge is 0.574 e. The average molecular weight is 229 g/mol. The van der Waals surface area contributed by atoms with Gasteiger partial charge in [-0.2, -0.15) is 5.10 Å². The molecule has 14 heavy (non-hydrogen) atoms. The third-order valence-electron chi connectivity index (χ3n) is 1.41. The standard InChI is InChI=1S/C7H8ClF3N2O/c1-4(2)13-6(5(8)3-12-13)14-7(9,10)11/h3-4H,1-2H3. The molecular formula is C7H8ClF3N2O. The van der Waals surface area contributed by atoms with E-state index in [4.69, 9.17) is 11.6 Å². The Kier molecular flexibility index (Phi) is 2.94. The Morgan fingerprint density at radius 1 is 1.50 bits per heavy atom. The lowest BCUT2D eigenvalue weighted by atomic mass is 10.4. The van der Waals surface area contributed by atoms with Crippen LogP contribution in [0.5, 0.6) is 5.88 Å². The molecular weight excluding hydrogens is 221 g/mol. The molecule has 0 aliphatic carbocycles. The summed E-state index contributed by atoms with van der Waals surface area (Å²) in [4.78, 5) is 0. The Hall–Kier alpha value is -0.910. The van der Waals surface area contributed by atoms with E-state index in [0.29, 0.717) is 0 Å². The van der Waals surface area contributed by atoms with E-state index in [0.717, 1.165) is 10.9 Å². The molecule has 1 heterocycles. The van der Waals surface area contributed by atoms with Gasteiger partial charge in [0.25, 0.3) is 0 Å². The van der Waals surface area contributed by atoms with Crippen molar-refractivity contribution in [2.24, 2.45) is 0 Å². The van der Waals surface area contributed by atoms with Gasteiger partial charge in [0, 0.05) is 0 Å². The number of hydrogen-bond acceptors (Lipinski definition) is 2. The van der Waals surface area contributed by atoms with Gasteiger partial charge in [0.1, 0.15) is 5.02 Å².